The Hall–Kier alpha value is -2.29. The number of carbonyl (C=O) groups is 1. The highest BCUT2D eigenvalue weighted by Crippen LogP contribution is 2.20. The Bertz CT molecular complexity index is 643. The predicted octanol–water partition coefficient (Wildman–Crippen LogP) is 3.86. The summed E-state index contributed by atoms with van der Waals surface area (Å²) in [6.45, 7) is 4.50. The van der Waals surface area contributed by atoms with Gasteiger partial charge in [-0.25, -0.2) is 0 Å². The molecule has 3 nitrogen and oxygen atoms in total. The molecule has 3 heteroatoms. The van der Waals surface area contributed by atoms with Crippen LogP contribution >= 0.6 is 0 Å². The number of amides is 1. The molecule has 24 heavy (non-hydrogen) atoms. The number of nitrogens with zero attached hydrogens (tertiary/aromatic N) is 1. The van der Waals surface area contributed by atoms with Crippen molar-refractivity contribution in [3.8, 4) is 5.75 Å². The quantitative estimate of drug-likeness (QED) is 0.836. The molecule has 1 fully saturated rings. The maximum atomic E-state index is 12.4. The van der Waals surface area contributed by atoms with Crippen molar-refractivity contribution in [1.29, 1.82) is 0 Å². The summed E-state index contributed by atoms with van der Waals surface area (Å²) in [6, 6.07) is 18.2. The van der Waals surface area contributed by atoms with Crippen LogP contribution in [0.15, 0.2) is 54.6 Å². The first-order valence-electron chi connectivity index (χ1n) is 8.72. The van der Waals surface area contributed by atoms with Crippen molar-refractivity contribution in [2.45, 2.75) is 26.2 Å². The summed E-state index contributed by atoms with van der Waals surface area (Å²) in [5.74, 6) is 1.70. The van der Waals surface area contributed by atoms with E-state index in [4.69, 9.17) is 4.74 Å². The summed E-state index contributed by atoms with van der Waals surface area (Å²) in [4.78, 5) is 14.4. The van der Waals surface area contributed by atoms with E-state index in [-0.39, 0.29) is 5.91 Å². The highest BCUT2D eigenvalue weighted by molar-refractivity contribution is 5.78. The van der Waals surface area contributed by atoms with Gasteiger partial charge in [0.15, 0.2) is 0 Å². The average molecular weight is 323 g/mol. The zero-order valence-electron chi connectivity index (χ0n) is 14.3. The van der Waals surface area contributed by atoms with E-state index < -0.39 is 0 Å². The maximum absolute atomic E-state index is 12.4. The fourth-order valence-corrected chi connectivity index (χ4v) is 3.08. The van der Waals surface area contributed by atoms with Crippen molar-refractivity contribution >= 4 is 5.91 Å². The number of benzene rings is 2. The van der Waals surface area contributed by atoms with Gasteiger partial charge >= 0.3 is 0 Å². The van der Waals surface area contributed by atoms with Crippen LogP contribution in [0.2, 0.25) is 0 Å². The second kappa shape index (κ2) is 8.00. The topological polar surface area (TPSA) is 29.5 Å². The Morgan fingerprint density at radius 2 is 1.71 bits per heavy atom. The van der Waals surface area contributed by atoms with Crippen LogP contribution in [0, 0.1) is 12.8 Å². The molecule has 0 saturated carbocycles. The maximum Gasteiger partial charge on any atom is 0.226 e. The van der Waals surface area contributed by atoms with Gasteiger partial charge in [0.05, 0.1) is 13.0 Å². The zero-order valence-corrected chi connectivity index (χ0v) is 14.3. The van der Waals surface area contributed by atoms with Gasteiger partial charge in [-0.1, -0.05) is 48.0 Å². The Balaban J connectivity index is 1.42. The molecule has 0 atom stereocenters. The zero-order chi connectivity index (χ0) is 16.8. The van der Waals surface area contributed by atoms with Crippen LogP contribution in [-0.2, 0) is 11.2 Å². The van der Waals surface area contributed by atoms with Gasteiger partial charge in [-0.2, -0.15) is 0 Å². The number of hydrogen-bond donors (Lipinski definition) is 0. The van der Waals surface area contributed by atoms with Crippen LogP contribution in [-0.4, -0.2) is 30.5 Å². The van der Waals surface area contributed by atoms with Crippen LogP contribution in [0.3, 0.4) is 0 Å². The second-order valence-corrected chi connectivity index (χ2v) is 6.61. The first-order chi connectivity index (χ1) is 11.7. The third-order valence-electron chi connectivity index (χ3n) is 4.67. The third kappa shape index (κ3) is 4.60. The van der Waals surface area contributed by atoms with E-state index in [9.17, 15) is 4.79 Å². The average Bonchev–Trinajstić information content (AvgIpc) is 2.62. The first-order valence-corrected chi connectivity index (χ1v) is 8.72. The first kappa shape index (κ1) is 16.6. The number of rotatable bonds is 5. The van der Waals surface area contributed by atoms with E-state index in [1.54, 1.807) is 0 Å². The van der Waals surface area contributed by atoms with Crippen LogP contribution in [0.5, 0.6) is 5.75 Å². The van der Waals surface area contributed by atoms with Crippen molar-refractivity contribution in [3.05, 3.63) is 65.7 Å². The van der Waals surface area contributed by atoms with E-state index in [0.29, 0.717) is 12.3 Å². The predicted molar refractivity (Wildman–Crippen MR) is 96.1 cm³/mol. The molecule has 126 valence electrons. The van der Waals surface area contributed by atoms with Gasteiger partial charge in [0.1, 0.15) is 5.75 Å². The van der Waals surface area contributed by atoms with Gasteiger partial charge in [-0.3, -0.25) is 4.79 Å². The largest absolute Gasteiger partial charge is 0.493 e. The summed E-state index contributed by atoms with van der Waals surface area (Å²) in [7, 11) is 0. The number of ether oxygens (including phenoxy) is 1. The highest BCUT2D eigenvalue weighted by atomic mass is 16.5. The lowest BCUT2D eigenvalue weighted by Gasteiger charge is -2.32. The van der Waals surface area contributed by atoms with Gasteiger partial charge in [-0.15, -0.1) is 0 Å². The normalized spacial score (nSPS) is 15.3. The van der Waals surface area contributed by atoms with Gasteiger partial charge < -0.3 is 9.64 Å². The molecule has 0 bridgehead atoms. The van der Waals surface area contributed by atoms with Gasteiger partial charge in [0, 0.05) is 13.1 Å². The minimum absolute atomic E-state index is 0.235. The molecule has 1 aliphatic rings. The molecule has 1 heterocycles. The molecule has 1 saturated heterocycles. The van der Waals surface area contributed by atoms with E-state index in [0.717, 1.165) is 43.9 Å². The molecular formula is C21H25NO2. The smallest absolute Gasteiger partial charge is 0.226 e. The van der Waals surface area contributed by atoms with Crippen LogP contribution in [0.25, 0.3) is 0 Å². The fraction of sp³-hybridized carbons (Fsp3) is 0.381. The Morgan fingerprint density at radius 3 is 2.38 bits per heavy atom. The number of aryl methyl sites for hydroxylation is 1. The molecule has 1 amide bonds. The third-order valence-corrected chi connectivity index (χ3v) is 4.67. The Labute approximate surface area is 144 Å². The lowest BCUT2D eigenvalue weighted by atomic mass is 9.97. The van der Waals surface area contributed by atoms with Crippen molar-refractivity contribution < 1.29 is 9.53 Å². The number of carbonyl (C=O) groups excluding carboxylic acids is 1. The van der Waals surface area contributed by atoms with Crippen LogP contribution < -0.4 is 4.74 Å². The summed E-state index contributed by atoms with van der Waals surface area (Å²) in [5, 5.41) is 0. The molecule has 0 N–H and O–H groups in total. The van der Waals surface area contributed by atoms with E-state index in [2.05, 4.69) is 19.1 Å². The molecule has 2 aromatic rings. The van der Waals surface area contributed by atoms with Gasteiger partial charge in [-0.05, 0) is 43.4 Å². The van der Waals surface area contributed by atoms with E-state index >= 15 is 0 Å². The second-order valence-electron chi connectivity index (χ2n) is 6.61. The van der Waals surface area contributed by atoms with Crippen LogP contribution in [0.1, 0.15) is 24.0 Å². The SMILES string of the molecule is Cc1ccc(OCC2CCN(C(=O)Cc3ccccc3)CC2)cc1. The molecule has 0 aromatic heterocycles. The molecule has 0 radical (unpaired) electrons. The Morgan fingerprint density at radius 1 is 1.04 bits per heavy atom. The number of likely N-dealkylation sites (tertiary alicyclic amines) is 1. The van der Waals surface area contributed by atoms with Crippen molar-refractivity contribution in [2.24, 2.45) is 5.92 Å². The lowest BCUT2D eigenvalue weighted by Crippen LogP contribution is -2.40. The molecule has 0 aliphatic carbocycles. The van der Waals surface area contributed by atoms with Crippen molar-refractivity contribution in [3.63, 3.8) is 0 Å². The summed E-state index contributed by atoms with van der Waals surface area (Å²) in [5.41, 5.74) is 2.33. The fourth-order valence-electron chi connectivity index (χ4n) is 3.08. The summed E-state index contributed by atoms with van der Waals surface area (Å²) in [6.07, 6.45) is 2.55. The molecule has 0 unspecified atom stereocenters. The summed E-state index contributed by atoms with van der Waals surface area (Å²) >= 11 is 0. The number of hydrogen-bond acceptors (Lipinski definition) is 2. The van der Waals surface area contributed by atoms with Crippen molar-refractivity contribution in [2.75, 3.05) is 19.7 Å². The van der Waals surface area contributed by atoms with Gasteiger partial charge in [0.25, 0.3) is 0 Å². The van der Waals surface area contributed by atoms with Crippen LogP contribution in [0.4, 0.5) is 0 Å². The highest BCUT2D eigenvalue weighted by Gasteiger charge is 2.23. The minimum Gasteiger partial charge on any atom is -0.493 e. The monoisotopic (exact) mass is 323 g/mol. The standard InChI is InChI=1S/C21H25NO2/c1-17-7-9-20(10-8-17)24-16-19-11-13-22(14-12-19)21(23)15-18-5-3-2-4-6-18/h2-10,19H,11-16H2,1H3. The van der Waals surface area contributed by atoms with E-state index in [1.165, 1.54) is 5.56 Å². The lowest BCUT2D eigenvalue weighted by molar-refractivity contribution is -0.132. The summed E-state index contributed by atoms with van der Waals surface area (Å²) < 4.78 is 5.89. The molecule has 2 aromatic carbocycles. The molecule has 0 spiro atoms. The number of piperidine rings is 1. The Kier molecular flexibility index (Phi) is 5.52. The van der Waals surface area contributed by atoms with E-state index in [1.807, 2.05) is 47.4 Å². The molecular weight excluding hydrogens is 298 g/mol. The van der Waals surface area contributed by atoms with Crippen molar-refractivity contribution in [1.82, 2.24) is 4.90 Å². The van der Waals surface area contributed by atoms with Gasteiger partial charge in [0.2, 0.25) is 5.91 Å². The minimum atomic E-state index is 0.235. The molecule has 1 aliphatic heterocycles. The molecule has 3 rings (SSSR count).